The number of carbonyl (C=O) groups excluding carboxylic acids is 2. The first-order chi connectivity index (χ1) is 13.2. The first-order valence-corrected chi connectivity index (χ1v) is 9.86. The number of rotatable bonds is 4. The molecule has 1 aliphatic heterocycles. The molecule has 0 unspecified atom stereocenters. The van der Waals surface area contributed by atoms with Crippen LogP contribution in [0.4, 0.5) is 0 Å². The minimum absolute atomic E-state index is 0.107. The number of carbonyl (C=O) groups is 2. The predicted molar refractivity (Wildman–Crippen MR) is 102 cm³/mol. The largest absolute Gasteiger partial charge is 0.339 e. The van der Waals surface area contributed by atoms with Gasteiger partial charge in [0.2, 0.25) is 11.8 Å². The van der Waals surface area contributed by atoms with E-state index >= 15 is 0 Å². The van der Waals surface area contributed by atoms with Gasteiger partial charge in [-0.2, -0.15) is 5.10 Å². The molecule has 2 fully saturated rings. The molecule has 142 valence electrons. The van der Waals surface area contributed by atoms with E-state index in [0.717, 1.165) is 24.1 Å². The minimum atomic E-state index is 0.107. The fourth-order valence-electron chi connectivity index (χ4n) is 4.07. The van der Waals surface area contributed by atoms with E-state index in [1.54, 1.807) is 10.9 Å². The molecule has 0 atom stereocenters. The Kier molecular flexibility index (Phi) is 5.23. The Labute approximate surface area is 159 Å². The second-order valence-corrected chi connectivity index (χ2v) is 7.49. The van der Waals surface area contributed by atoms with E-state index in [0.29, 0.717) is 38.5 Å². The van der Waals surface area contributed by atoms with Crippen LogP contribution in [-0.2, 0) is 16.0 Å². The van der Waals surface area contributed by atoms with Crippen molar-refractivity contribution in [1.29, 1.82) is 0 Å². The first-order valence-electron chi connectivity index (χ1n) is 9.86. The van der Waals surface area contributed by atoms with Gasteiger partial charge in [0.15, 0.2) is 0 Å². The molecule has 1 aromatic heterocycles. The number of nitrogens with zero attached hydrogens (tertiary/aromatic N) is 4. The smallest absolute Gasteiger partial charge is 0.227 e. The first kappa shape index (κ1) is 17.8. The Hall–Kier alpha value is -2.63. The van der Waals surface area contributed by atoms with Gasteiger partial charge >= 0.3 is 0 Å². The highest BCUT2D eigenvalue weighted by Crippen LogP contribution is 2.27. The highest BCUT2D eigenvalue weighted by Gasteiger charge is 2.30. The van der Waals surface area contributed by atoms with E-state index in [9.17, 15) is 9.59 Å². The average Bonchev–Trinajstić information content (AvgIpc) is 3.40. The second kappa shape index (κ2) is 7.94. The third kappa shape index (κ3) is 4.04. The van der Waals surface area contributed by atoms with Crippen LogP contribution in [0, 0.1) is 5.92 Å². The van der Waals surface area contributed by atoms with Crippen LogP contribution in [0.15, 0.2) is 42.7 Å². The van der Waals surface area contributed by atoms with Crippen molar-refractivity contribution in [3.63, 3.8) is 0 Å². The van der Waals surface area contributed by atoms with Crippen LogP contribution in [0.2, 0.25) is 0 Å². The summed E-state index contributed by atoms with van der Waals surface area (Å²) in [5.74, 6) is 0.621. The Balaban J connectivity index is 1.30. The quantitative estimate of drug-likeness (QED) is 0.834. The van der Waals surface area contributed by atoms with Crippen LogP contribution in [-0.4, -0.2) is 57.6 Å². The summed E-state index contributed by atoms with van der Waals surface area (Å²) in [6.07, 6.45) is 8.42. The van der Waals surface area contributed by atoms with Gasteiger partial charge in [-0.15, -0.1) is 0 Å². The fourth-order valence-corrected chi connectivity index (χ4v) is 4.07. The third-order valence-corrected chi connectivity index (χ3v) is 5.66. The minimum Gasteiger partial charge on any atom is -0.339 e. The van der Waals surface area contributed by atoms with E-state index in [-0.39, 0.29) is 11.8 Å². The van der Waals surface area contributed by atoms with Crippen LogP contribution < -0.4 is 0 Å². The van der Waals surface area contributed by atoms with E-state index in [1.165, 1.54) is 12.8 Å². The molecule has 6 heteroatoms. The molecule has 0 N–H and O–H groups in total. The molecule has 1 saturated carbocycles. The van der Waals surface area contributed by atoms with E-state index in [4.69, 9.17) is 0 Å². The number of benzene rings is 1. The Bertz CT molecular complexity index is 788. The fraction of sp³-hybridized carbons (Fsp3) is 0.476. The monoisotopic (exact) mass is 366 g/mol. The number of piperazine rings is 1. The number of hydrogen-bond acceptors (Lipinski definition) is 3. The molecule has 0 radical (unpaired) electrons. The van der Waals surface area contributed by atoms with Gasteiger partial charge in [0.25, 0.3) is 0 Å². The molecule has 6 nitrogen and oxygen atoms in total. The van der Waals surface area contributed by atoms with Crippen LogP contribution >= 0.6 is 0 Å². The summed E-state index contributed by atoms with van der Waals surface area (Å²) < 4.78 is 1.79. The molecule has 4 rings (SSSR count). The Morgan fingerprint density at radius 1 is 0.963 bits per heavy atom. The summed E-state index contributed by atoms with van der Waals surface area (Å²) in [6, 6.07) is 9.87. The van der Waals surface area contributed by atoms with E-state index < -0.39 is 0 Å². The maximum atomic E-state index is 12.6. The summed E-state index contributed by atoms with van der Waals surface area (Å²) in [4.78, 5) is 29.0. The maximum Gasteiger partial charge on any atom is 0.227 e. The predicted octanol–water partition coefficient (Wildman–Crippen LogP) is 2.28. The molecule has 27 heavy (non-hydrogen) atoms. The highest BCUT2D eigenvalue weighted by molar-refractivity contribution is 5.81. The second-order valence-electron chi connectivity index (χ2n) is 7.49. The van der Waals surface area contributed by atoms with Crippen LogP contribution in [0.5, 0.6) is 0 Å². The molecular weight excluding hydrogens is 340 g/mol. The summed E-state index contributed by atoms with van der Waals surface area (Å²) in [5, 5.41) is 4.36. The van der Waals surface area contributed by atoms with Gasteiger partial charge in [0, 0.05) is 38.3 Å². The van der Waals surface area contributed by atoms with Gasteiger partial charge in [0.05, 0.1) is 18.3 Å². The molecule has 1 aliphatic carbocycles. The van der Waals surface area contributed by atoms with Crippen molar-refractivity contribution in [2.45, 2.75) is 32.1 Å². The lowest BCUT2D eigenvalue weighted by Gasteiger charge is -2.36. The van der Waals surface area contributed by atoms with Gasteiger partial charge in [-0.25, -0.2) is 4.68 Å². The SMILES string of the molecule is O=C(Cc1cnn(-c2ccccc2)c1)N1CCN(C(=O)C2CCCC2)CC1. The highest BCUT2D eigenvalue weighted by atomic mass is 16.2. The van der Waals surface area contributed by atoms with Gasteiger partial charge in [-0.1, -0.05) is 31.0 Å². The molecule has 0 bridgehead atoms. The van der Waals surface area contributed by atoms with Gasteiger partial charge in [-0.05, 0) is 30.5 Å². The van der Waals surface area contributed by atoms with Gasteiger partial charge in [-0.3, -0.25) is 9.59 Å². The zero-order valence-corrected chi connectivity index (χ0v) is 15.6. The van der Waals surface area contributed by atoms with Gasteiger partial charge in [0.1, 0.15) is 0 Å². The number of aromatic nitrogens is 2. The maximum absolute atomic E-state index is 12.6. The summed E-state index contributed by atoms with van der Waals surface area (Å²) >= 11 is 0. The van der Waals surface area contributed by atoms with Crippen molar-refractivity contribution >= 4 is 11.8 Å². The van der Waals surface area contributed by atoms with Crippen molar-refractivity contribution in [3.05, 3.63) is 48.3 Å². The van der Waals surface area contributed by atoms with Crippen molar-refractivity contribution < 1.29 is 9.59 Å². The van der Waals surface area contributed by atoms with Crippen LogP contribution in [0.1, 0.15) is 31.2 Å². The van der Waals surface area contributed by atoms with Gasteiger partial charge < -0.3 is 9.80 Å². The molecule has 2 heterocycles. The summed E-state index contributed by atoms with van der Waals surface area (Å²) in [7, 11) is 0. The zero-order valence-electron chi connectivity index (χ0n) is 15.6. The molecule has 0 spiro atoms. The van der Waals surface area contributed by atoms with Crippen molar-refractivity contribution in [3.8, 4) is 5.69 Å². The van der Waals surface area contributed by atoms with Crippen LogP contribution in [0.25, 0.3) is 5.69 Å². The topological polar surface area (TPSA) is 58.4 Å². The standard InChI is InChI=1S/C21H26N4O2/c26-20(14-17-15-22-25(16-17)19-8-2-1-3-9-19)23-10-12-24(13-11-23)21(27)18-6-4-5-7-18/h1-3,8-9,15-16,18H,4-7,10-14H2. The van der Waals surface area contributed by atoms with E-state index in [1.807, 2.05) is 46.3 Å². The van der Waals surface area contributed by atoms with Crippen molar-refractivity contribution in [2.75, 3.05) is 26.2 Å². The average molecular weight is 366 g/mol. The zero-order chi connectivity index (χ0) is 18.6. The van der Waals surface area contributed by atoms with E-state index in [2.05, 4.69) is 5.10 Å². The summed E-state index contributed by atoms with van der Waals surface area (Å²) in [6.45, 7) is 2.57. The lowest BCUT2D eigenvalue weighted by molar-refractivity contribution is -0.141. The molecule has 2 aromatic rings. The third-order valence-electron chi connectivity index (χ3n) is 5.66. The lowest BCUT2D eigenvalue weighted by atomic mass is 10.1. The molecule has 1 aromatic carbocycles. The number of amides is 2. The molecule has 1 saturated heterocycles. The van der Waals surface area contributed by atoms with Crippen LogP contribution in [0.3, 0.4) is 0 Å². The Morgan fingerprint density at radius 3 is 2.33 bits per heavy atom. The Morgan fingerprint density at radius 2 is 1.63 bits per heavy atom. The van der Waals surface area contributed by atoms with Crippen molar-refractivity contribution in [1.82, 2.24) is 19.6 Å². The molecule has 2 aliphatic rings. The number of hydrogen-bond donors (Lipinski definition) is 0. The van der Waals surface area contributed by atoms with Crippen molar-refractivity contribution in [2.24, 2.45) is 5.92 Å². The molecule has 2 amide bonds. The molecular formula is C21H26N4O2. The lowest BCUT2D eigenvalue weighted by Crippen LogP contribution is -2.52. The summed E-state index contributed by atoms with van der Waals surface area (Å²) in [5.41, 5.74) is 1.89. The number of para-hydroxylation sites is 1. The normalized spacial score (nSPS) is 18.1.